The third kappa shape index (κ3) is 3.54. The molecule has 3 aromatic rings. The minimum absolute atomic E-state index is 0.270. The Morgan fingerprint density at radius 1 is 1.13 bits per heavy atom. The van der Waals surface area contributed by atoms with Crippen LogP contribution < -0.4 is 4.72 Å². The Morgan fingerprint density at radius 2 is 1.87 bits per heavy atom. The van der Waals surface area contributed by atoms with Gasteiger partial charge >= 0.3 is 0 Å². The van der Waals surface area contributed by atoms with E-state index in [2.05, 4.69) is 16.6 Å². The van der Waals surface area contributed by atoms with Crippen molar-refractivity contribution in [1.82, 2.24) is 4.98 Å². The molecule has 1 heterocycles. The molecule has 0 atom stereocenters. The zero-order chi connectivity index (χ0) is 16.4. The summed E-state index contributed by atoms with van der Waals surface area (Å²) in [6.45, 7) is 4.04. The molecule has 0 amide bonds. The molecule has 0 aliphatic carbocycles. The van der Waals surface area contributed by atoms with Crippen LogP contribution in [0.3, 0.4) is 0 Å². The fraction of sp³-hybridized carbons (Fsp3) is 0.235. The van der Waals surface area contributed by atoms with E-state index >= 15 is 0 Å². The van der Waals surface area contributed by atoms with Crippen LogP contribution in [0.15, 0.2) is 47.4 Å². The van der Waals surface area contributed by atoms with Crippen molar-refractivity contribution >= 4 is 37.3 Å². The minimum Gasteiger partial charge on any atom is -0.280 e. The lowest BCUT2D eigenvalue weighted by Gasteiger charge is -2.08. The van der Waals surface area contributed by atoms with Crippen molar-refractivity contribution in [2.45, 2.75) is 31.6 Å². The van der Waals surface area contributed by atoms with Crippen molar-refractivity contribution in [3.8, 4) is 0 Å². The van der Waals surface area contributed by atoms with Crippen LogP contribution in [0.25, 0.3) is 10.2 Å². The van der Waals surface area contributed by atoms with Crippen molar-refractivity contribution in [2.24, 2.45) is 0 Å². The van der Waals surface area contributed by atoms with Crippen LogP contribution in [0.1, 0.15) is 23.9 Å². The molecule has 0 bridgehead atoms. The van der Waals surface area contributed by atoms with E-state index in [1.54, 1.807) is 35.6 Å². The monoisotopic (exact) mass is 346 g/mol. The Labute approximate surface area is 140 Å². The smallest absolute Gasteiger partial charge is 0.261 e. The van der Waals surface area contributed by atoms with Gasteiger partial charge in [-0.25, -0.2) is 13.4 Å². The molecule has 23 heavy (non-hydrogen) atoms. The third-order valence-corrected chi connectivity index (χ3v) is 5.87. The first-order valence-electron chi connectivity index (χ1n) is 7.47. The summed E-state index contributed by atoms with van der Waals surface area (Å²) in [5, 5.41) is 0.964. The van der Waals surface area contributed by atoms with Gasteiger partial charge in [-0.05, 0) is 49.2 Å². The molecule has 120 valence electrons. The number of rotatable bonds is 5. The molecule has 0 radical (unpaired) electrons. The number of anilines is 1. The van der Waals surface area contributed by atoms with Crippen molar-refractivity contribution in [1.29, 1.82) is 0 Å². The zero-order valence-corrected chi connectivity index (χ0v) is 14.7. The van der Waals surface area contributed by atoms with Crippen LogP contribution >= 0.6 is 11.3 Å². The summed E-state index contributed by atoms with van der Waals surface area (Å²) in [6.07, 6.45) is 1.99. The van der Waals surface area contributed by atoms with Gasteiger partial charge in [0, 0.05) is 0 Å². The average molecular weight is 346 g/mol. The van der Waals surface area contributed by atoms with Crippen LogP contribution in [-0.4, -0.2) is 13.4 Å². The van der Waals surface area contributed by atoms with Gasteiger partial charge in [-0.3, -0.25) is 4.72 Å². The molecule has 2 aromatic carbocycles. The fourth-order valence-corrected chi connectivity index (χ4v) is 4.30. The highest BCUT2D eigenvalue weighted by Crippen LogP contribution is 2.26. The maximum absolute atomic E-state index is 12.5. The summed E-state index contributed by atoms with van der Waals surface area (Å²) in [5.74, 6) is 0. The summed E-state index contributed by atoms with van der Waals surface area (Å²) in [6, 6.07) is 12.5. The number of nitrogens with one attached hydrogen (secondary N) is 1. The average Bonchev–Trinajstić information content (AvgIpc) is 2.87. The van der Waals surface area contributed by atoms with Gasteiger partial charge < -0.3 is 0 Å². The molecule has 0 saturated carbocycles. The second-order valence-electron chi connectivity index (χ2n) is 5.41. The van der Waals surface area contributed by atoms with Gasteiger partial charge in [-0.1, -0.05) is 25.5 Å². The van der Waals surface area contributed by atoms with Gasteiger partial charge in [0.15, 0.2) is 0 Å². The molecule has 0 aliphatic heterocycles. The molecule has 0 aliphatic rings. The van der Waals surface area contributed by atoms with Gasteiger partial charge in [0.2, 0.25) is 0 Å². The van der Waals surface area contributed by atoms with Crippen molar-refractivity contribution in [3.63, 3.8) is 0 Å². The zero-order valence-electron chi connectivity index (χ0n) is 13.0. The Morgan fingerprint density at radius 3 is 2.57 bits per heavy atom. The Kier molecular flexibility index (Phi) is 4.37. The highest BCUT2D eigenvalue weighted by Gasteiger charge is 2.14. The van der Waals surface area contributed by atoms with Crippen molar-refractivity contribution in [2.75, 3.05) is 4.72 Å². The first-order chi connectivity index (χ1) is 11.0. The van der Waals surface area contributed by atoms with Gasteiger partial charge in [0.25, 0.3) is 10.0 Å². The first-order valence-corrected chi connectivity index (χ1v) is 9.77. The number of fused-ring (bicyclic) bond motifs is 1. The van der Waals surface area contributed by atoms with Crippen LogP contribution in [-0.2, 0) is 16.4 Å². The number of hydrogen-bond acceptors (Lipinski definition) is 4. The molecule has 1 N–H and O–H groups in total. The molecule has 0 fully saturated rings. The lowest BCUT2D eigenvalue weighted by atomic mass is 10.1. The highest BCUT2D eigenvalue weighted by molar-refractivity contribution is 7.92. The SMILES string of the molecule is CCCc1ccc(S(=O)(=O)Nc2ccc3sc(C)nc3c2)cc1. The molecule has 4 nitrogen and oxygen atoms in total. The molecular formula is C17H18N2O2S2. The Balaban J connectivity index is 1.86. The number of hydrogen-bond donors (Lipinski definition) is 1. The van der Waals surface area contributed by atoms with Gasteiger partial charge in [-0.15, -0.1) is 11.3 Å². The van der Waals surface area contributed by atoms with Crippen LogP contribution in [0.5, 0.6) is 0 Å². The number of sulfonamides is 1. The lowest BCUT2D eigenvalue weighted by Crippen LogP contribution is -2.12. The van der Waals surface area contributed by atoms with Crippen molar-refractivity contribution in [3.05, 3.63) is 53.0 Å². The largest absolute Gasteiger partial charge is 0.280 e. The highest BCUT2D eigenvalue weighted by atomic mass is 32.2. The standard InChI is InChI=1S/C17H18N2O2S2/c1-3-4-13-5-8-15(9-6-13)23(20,21)19-14-7-10-17-16(11-14)18-12(2)22-17/h5-11,19H,3-4H2,1-2H3. The topological polar surface area (TPSA) is 59.1 Å². The third-order valence-electron chi connectivity index (χ3n) is 3.52. The summed E-state index contributed by atoms with van der Waals surface area (Å²) in [4.78, 5) is 4.66. The molecule has 0 spiro atoms. The molecule has 0 saturated heterocycles. The summed E-state index contributed by atoms with van der Waals surface area (Å²) in [5.41, 5.74) is 2.48. The number of aryl methyl sites for hydroxylation is 2. The van der Waals surface area contributed by atoms with Gasteiger partial charge in [-0.2, -0.15) is 0 Å². The van der Waals surface area contributed by atoms with E-state index in [4.69, 9.17) is 0 Å². The van der Waals surface area contributed by atoms with Crippen molar-refractivity contribution < 1.29 is 8.42 Å². The van der Waals surface area contributed by atoms with E-state index in [-0.39, 0.29) is 4.90 Å². The molecule has 6 heteroatoms. The summed E-state index contributed by atoms with van der Waals surface area (Å²) in [7, 11) is -3.58. The summed E-state index contributed by atoms with van der Waals surface area (Å²) < 4.78 is 28.6. The maximum Gasteiger partial charge on any atom is 0.261 e. The normalized spacial score (nSPS) is 11.7. The van der Waals surface area contributed by atoms with Crippen LogP contribution in [0, 0.1) is 6.92 Å². The van der Waals surface area contributed by atoms with E-state index in [1.165, 1.54) is 0 Å². The Hall–Kier alpha value is -1.92. The van der Waals surface area contributed by atoms with Gasteiger partial charge in [0.05, 0.1) is 25.8 Å². The Bertz CT molecular complexity index is 929. The number of aromatic nitrogens is 1. The molecular weight excluding hydrogens is 328 g/mol. The quantitative estimate of drug-likeness (QED) is 0.747. The molecule has 1 aromatic heterocycles. The van der Waals surface area contributed by atoms with Crippen LogP contribution in [0.4, 0.5) is 5.69 Å². The number of thiazole rings is 1. The molecule has 3 rings (SSSR count). The van der Waals surface area contributed by atoms with E-state index in [9.17, 15) is 8.42 Å². The lowest BCUT2D eigenvalue weighted by molar-refractivity contribution is 0.601. The number of nitrogens with zero attached hydrogens (tertiary/aromatic N) is 1. The van der Waals surface area contributed by atoms with Crippen LogP contribution in [0.2, 0.25) is 0 Å². The van der Waals surface area contributed by atoms with E-state index < -0.39 is 10.0 Å². The molecule has 0 unspecified atom stereocenters. The predicted octanol–water partition coefficient (Wildman–Crippen LogP) is 4.36. The number of benzene rings is 2. The summed E-state index contributed by atoms with van der Waals surface area (Å²) >= 11 is 1.59. The minimum atomic E-state index is -3.58. The first kappa shape index (κ1) is 16.0. The van der Waals surface area contributed by atoms with E-state index in [1.807, 2.05) is 25.1 Å². The second-order valence-corrected chi connectivity index (χ2v) is 8.33. The van der Waals surface area contributed by atoms with E-state index in [0.717, 1.165) is 33.6 Å². The second kappa shape index (κ2) is 6.29. The maximum atomic E-state index is 12.5. The van der Waals surface area contributed by atoms with Gasteiger partial charge in [0.1, 0.15) is 0 Å². The predicted molar refractivity (Wildman–Crippen MR) is 95.6 cm³/mol. The van der Waals surface area contributed by atoms with E-state index in [0.29, 0.717) is 5.69 Å². The fourth-order valence-electron chi connectivity index (χ4n) is 2.44.